The van der Waals surface area contributed by atoms with Crippen molar-refractivity contribution in [1.82, 2.24) is 25.0 Å². The summed E-state index contributed by atoms with van der Waals surface area (Å²) in [5, 5.41) is 8.06. The van der Waals surface area contributed by atoms with Gasteiger partial charge in [0.1, 0.15) is 0 Å². The van der Waals surface area contributed by atoms with Crippen LogP contribution in [-0.2, 0) is 0 Å². The van der Waals surface area contributed by atoms with Crippen LogP contribution in [0, 0.1) is 4.64 Å². The van der Waals surface area contributed by atoms with Gasteiger partial charge in [-0.1, -0.05) is 35.6 Å². The minimum atomic E-state index is 0.455. The summed E-state index contributed by atoms with van der Waals surface area (Å²) < 4.78 is 2.16. The maximum absolute atomic E-state index is 5.07. The molecule has 0 radical (unpaired) electrons. The first-order valence-corrected chi connectivity index (χ1v) is 5.11. The lowest BCUT2D eigenvalue weighted by Crippen LogP contribution is -1.97. The van der Waals surface area contributed by atoms with Crippen molar-refractivity contribution < 1.29 is 0 Å². The molecule has 16 heavy (non-hydrogen) atoms. The lowest BCUT2D eigenvalue weighted by molar-refractivity contribution is 0.817. The normalized spacial score (nSPS) is 10.8. The third-order valence-corrected chi connectivity index (χ3v) is 2.56. The number of para-hydroxylation sites is 1. The monoisotopic (exact) mass is 229 g/mol. The third kappa shape index (κ3) is 1.31. The summed E-state index contributed by atoms with van der Waals surface area (Å²) in [7, 11) is 0. The Labute approximate surface area is 95.8 Å². The van der Waals surface area contributed by atoms with Crippen LogP contribution in [0.1, 0.15) is 0 Å². The van der Waals surface area contributed by atoms with E-state index in [1.54, 1.807) is 11.0 Å². The highest BCUT2D eigenvalue weighted by atomic mass is 32.1. The van der Waals surface area contributed by atoms with Crippen LogP contribution in [0.2, 0.25) is 0 Å². The molecule has 0 amide bonds. The molecule has 0 atom stereocenters. The van der Waals surface area contributed by atoms with Crippen molar-refractivity contribution in [3.8, 4) is 5.69 Å². The number of aromatic nitrogens is 5. The van der Waals surface area contributed by atoms with Crippen LogP contribution in [0.3, 0.4) is 0 Å². The van der Waals surface area contributed by atoms with Crippen molar-refractivity contribution in [2.45, 2.75) is 0 Å². The number of hydrogen-bond acceptors (Lipinski definition) is 4. The molecule has 2 heterocycles. The van der Waals surface area contributed by atoms with Crippen LogP contribution in [0.4, 0.5) is 0 Å². The molecule has 3 rings (SSSR count). The highest BCUT2D eigenvalue weighted by molar-refractivity contribution is 7.71. The fraction of sp³-hybridized carbons (Fsp3) is 0. The predicted molar refractivity (Wildman–Crippen MR) is 61.8 cm³/mol. The Bertz CT molecular complexity index is 685. The van der Waals surface area contributed by atoms with Gasteiger partial charge in [0.05, 0.1) is 12.0 Å². The highest BCUT2D eigenvalue weighted by Gasteiger charge is 2.07. The SMILES string of the molecule is S=c1nc[nH]c2c1nnn2-c1ccccc1. The Morgan fingerprint density at radius 3 is 2.81 bits per heavy atom. The molecule has 5 nitrogen and oxygen atoms in total. The Morgan fingerprint density at radius 2 is 2.00 bits per heavy atom. The summed E-state index contributed by atoms with van der Waals surface area (Å²) in [6.07, 6.45) is 1.55. The van der Waals surface area contributed by atoms with Crippen LogP contribution in [0.15, 0.2) is 36.7 Å². The Morgan fingerprint density at radius 1 is 1.19 bits per heavy atom. The number of hydrogen-bond donors (Lipinski definition) is 1. The molecule has 0 saturated heterocycles. The Kier molecular flexibility index (Phi) is 2.00. The zero-order valence-electron chi connectivity index (χ0n) is 8.16. The molecule has 0 unspecified atom stereocenters. The number of nitrogens with one attached hydrogen (secondary N) is 1. The van der Waals surface area contributed by atoms with Gasteiger partial charge in [-0.3, -0.25) is 0 Å². The van der Waals surface area contributed by atoms with E-state index < -0.39 is 0 Å². The first-order valence-electron chi connectivity index (χ1n) is 4.71. The molecule has 3 aromatic rings. The van der Waals surface area contributed by atoms with E-state index in [-0.39, 0.29) is 0 Å². The molecule has 0 aliphatic carbocycles. The van der Waals surface area contributed by atoms with Crippen LogP contribution in [0.5, 0.6) is 0 Å². The van der Waals surface area contributed by atoms with Crippen molar-refractivity contribution in [2.24, 2.45) is 0 Å². The predicted octanol–water partition coefficient (Wildman–Crippen LogP) is 1.87. The lowest BCUT2D eigenvalue weighted by atomic mass is 10.3. The number of H-pyrrole nitrogens is 1. The third-order valence-electron chi connectivity index (χ3n) is 2.26. The van der Waals surface area contributed by atoms with Crippen molar-refractivity contribution in [2.75, 3.05) is 0 Å². The first-order chi connectivity index (χ1) is 7.86. The zero-order chi connectivity index (χ0) is 11.0. The summed E-state index contributed by atoms with van der Waals surface area (Å²) in [5.74, 6) is 0. The van der Waals surface area contributed by atoms with Crippen LogP contribution >= 0.6 is 12.2 Å². The van der Waals surface area contributed by atoms with E-state index in [0.717, 1.165) is 11.3 Å². The van der Waals surface area contributed by atoms with Gasteiger partial charge in [0.25, 0.3) is 0 Å². The Hall–Kier alpha value is -2.08. The minimum Gasteiger partial charge on any atom is -0.329 e. The summed E-state index contributed by atoms with van der Waals surface area (Å²) in [6.45, 7) is 0. The van der Waals surface area contributed by atoms with Crippen LogP contribution in [-0.4, -0.2) is 25.0 Å². The molecule has 0 saturated carbocycles. The molecule has 1 aromatic carbocycles. The van der Waals surface area contributed by atoms with Gasteiger partial charge in [-0.15, -0.1) is 5.10 Å². The molecule has 0 spiro atoms. The van der Waals surface area contributed by atoms with Gasteiger partial charge < -0.3 is 4.98 Å². The van der Waals surface area contributed by atoms with E-state index in [1.807, 2.05) is 30.3 Å². The van der Waals surface area contributed by atoms with Crippen molar-refractivity contribution >= 4 is 23.4 Å². The van der Waals surface area contributed by atoms with Crippen molar-refractivity contribution in [3.05, 3.63) is 41.3 Å². The Balaban J connectivity index is 2.34. The van der Waals surface area contributed by atoms with Crippen molar-refractivity contribution in [3.63, 3.8) is 0 Å². The number of aromatic amines is 1. The number of nitrogens with zero attached hydrogens (tertiary/aromatic N) is 4. The largest absolute Gasteiger partial charge is 0.329 e. The minimum absolute atomic E-state index is 0.455. The summed E-state index contributed by atoms with van der Waals surface area (Å²) in [4.78, 5) is 6.96. The number of benzene rings is 1. The second kappa shape index (κ2) is 3.49. The topological polar surface area (TPSA) is 59.4 Å². The second-order valence-electron chi connectivity index (χ2n) is 3.24. The highest BCUT2D eigenvalue weighted by Crippen LogP contribution is 2.13. The molecule has 1 N–H and O–H groups in total. The molecular formula is C10H7N5S. The first kappa shape index (κ1) is 9.17. The maximum atomic E-state index is 5.07. The van der Waals surface area contributed by atoms with Gasteiger partial charge in [0.2, 0.25) is 0 Å². The molecule has 6 heteroatoms. The fourth-order valence-corrected chi connectivity index (χ4v) is 1.71. The van der Waals surface area contributed by atoms with Crippen molar-refractivity contribution in [1.29, 1.82) is 0 Å². The average molecular weight is 229 g/mol. The van der Waals surface area contributed by atoms with E-state index in [2.05, 4.69) is 20.3 Å². The van der Waals surface area contributed by atoms with Gasteiger partial charge >= 0.3 is 0 Å². The van der Waals surface area contributed by atoms with Gasteiger partial charge in [-0.05, 0) is 12.1 Å². The smallest absolute Gasteiger partial charge is 0.167 e. The second-order valence-corrected chi connectivity index (χ2v) is 3.63. The summed E-state index contributed by atoms with van der Waals surface area (Å²) >= 11 is 5.07. The van der Waals surface area contributed by atoms with Crippen LogP contribution < -0.4 is 0 Å². The zero-order valence-corrected chi connectivity index (χ0v) is 8.98. The quantitative estimate of drug-likeness (QED) is 0.647. The number of fused-ring (bicyclic) bond motifs is 1. The molecule has 0 aliphatic heterocycles. The standard InChI is InChI=1S/C10H7N5S/c16-10-8-9(11-6-12-10)15(14-13-8)7-4-2-1-3-5-7/h1-6H,(H,11,12,16). The van der Waals surface area contributed by atoms with Gasteiger partial charge in [-0.25, -0.2) is 4.98 Å². The molecule has 0 aliphatic rings. The maximum Gasteiger partial charge on any atom is 0.167 e. The van der Waals surface area contributed by atoms with Crippen LogP contribution in [0.25, 0.3) is 16.9 Å². The lowest BCUT2D eigenvalue weighted by Gasteiger charge is -2.00. The number of rotatable bonds is 1. The van der Waals surface area contributed by atoms with Gasteiger partial charge in [0, 0.05) is 0 Å². The van der Waals surface area contributed by atoms with Gasteiger partial charge in [-0.2, -0.15) is 4.68 Å². The van der Waals surface area contributed by atoms with E-state index >= 15 is 0 Å². The average Bonchev–Trinajstić information content (AvgIpc) is 2.75. The van der Waals surface area contributed by atoms with E-state index in [1.165, 1.54) is 0 Å². The van der Waals surface area contributed by atoms with Gasteiger partial charge in [0.15, 0.2) is 15.8 Å². The molecule has 2 aromatic heterocycles. The molecular weight excluding hydrogens is 222 g/mol. The molecule has 0 fully saturated rings. The molecule has 78 valence electrons. The molecule has 0 bridgehead atoms. The fourth-order valence-electron chi connectivity index (χ4n) is 1.52. The van der Waals surface area contributed by atoms with E-state index in [9.17, 15) is 0 Å². The van der Waals surface area contributed by atoms with E-state index in [0.29, 0.717) is 10.2 Å². The summed E-state index contributed by atoms with van der Waals surface area (Å²) in [5.41, 5.74) is 2.30. The summed E-state index contributed by atoms with van der Waals surface area (Å²) in [6, 6.07) is 9.74. The van der Waals surface area contributed by atoms with E-state index in [4.69, 9.17) is 12.2 Å².